The van der Waals surface area contributed by atoms with E-state index in [9.17, 15) is 13.2 Å². The first-order valence-electron chi connectivity index (χ1n) is 9.78. The molecule has 0 unspecified atom stereocenters. The summed E-state index contributed by atoms with van der Waals surface area (Å²) >= 11 is 0. The Labute approximate surface area is 169 Å². The number of carbonyl (C=O) groups is 1. The summed E-state index contributed by atoms with van der Waals surface area (Å²) in [5, 5.41) is 2.55. The Bertz CT molecular complexity index is 913. The average Bonchev–Trinajstić information content (AvgIpc) is 2.61. The van der Waals surface area contributed by atoms with Crippen LogP contribution in [-0.4, -0.2) is 25.6 Å². The minimum absolute atomic E-state index is 0.0448. The van der Waals surface area contributed by atoms with Crippen molar-refractivity contribution in [2.45, 2.75) is 64.5 Å². The summed E-state index contributed by atoms with van der Waals surface area (Å²) < 4.78 is 24.1. The van der Waals surface area contributed by atoms with E-state index in [1.165, 1.54) is 11.1 Å². The molecule has 0 heterocycles. The van der Waals surface area contributed by atoms with Gasteiger partial charge in [0.05, 0.1) is 11.0 Å². The zero-order valence-corrected chi connectivity index (χ0v) is 18.3. The van der Waals surface area contributed by atoms with Gasteiger partial charge in [-0.25, -0.2) is 8.42 Å². The lowest BCUT2D eigenvalue weighted by Gasteiger charge is -2.11. The molecule has 1 N–H and O–H groups in total. The molecule has 5 heteroatoms. The third kappa shape index (κ3) is 6.20. The molecule has 0 aliphatic carbocycles. The van der Waals surface area contributed by atoms with Crippen LogP contribution in [0.1, 0.15) is 60.3 Å². The Morgan fingerprint density at radius 3 is 2.07 bits per heavy atom. The Morgan fingerprint density at radius 1 is 0.929 bits per heavy atom. The number of sulfone groups is 1. The van der Waals surface area contributed by atoms with Crippen LogP contribution >= 0.6 is 0 Å². The monoisotopic (exact) mass is 401 g/mol. The van der Waals surface area contributed by atoms with Crippen molar-refractivity contribution < 1.29 is 13.2 Å². The molecular weight excluding hydrogens is 370 g/mol. The fourth-order valence-corrected chi connectivity index (χ4v) is 3.93. The molecule has 2 aromatic carbocycles. The molecule has 0 fully saturated rings. The Kier molecular flexibility index (Phi) is 7.41. The van der Waals surface area contributed by atoms with Crippen LogP contribution in [0, 0.1) is 6.92 Å². The van der Waals surface area contributed by atoms with Gasteiger partial charge in [0, 0.05) is 11.6 Å². The largest absolute Gasteiger partial charge is 0.350 e. The second kappa shape index (κ2) is 9.37. The number of nitrogens with one attached hydrogen (secondary N) is 1. The van der Waals surface area contributed by atoms with Crippen LogP contribution in [0.25, 0.3) is 0 Å². The maximum atomic E-state index is 12.1. The van der Waals surface area contributed by atoms with Crippen molar-refractivity contribution in [3.8, 4) is 0 Å². The molecule has 152 valence electrons. The summed E-state index contributed by atoms with van der Waals surface area (Å²) in [6, 6.07) is 13.8. The molecule has 0 saturated heterocycles. The minimum Gasteiger partial charge on any atom is -0.350 e. The van der Waals surface area contributed by atoms with Gasteiger partial charge < -0.3 is 5.32 Å². The lowest BCUT2D eigenvalue weighted by molar-refractivity contribution is 0.0943. The predicted molar refractivity (Wildman–Crippen MR) is 115 cm³/mol. The molecule has 0 saturated carbocycles. The fraction of sp³-hybridized carbons (Fsp3) is 0.435. The zero-order valence-electron chi connectivity index (χ0n) is 17.5. The number of carbonyl (C=O) groups excluding carboxylic acids is 1. The molecule has 2 aromatic rings. The topological polar surface area (TPSA) is 63.2 Å². The van der Waals surface area contributed by atoms with E-state index < -0.39 is 9.84 Å². The fourth-order valence-electron chi connectivity index (χ4n) is 2.94. The van der Waals surface area contributed by atoms with Gasteiger partial charge in [0.25, 0.3) is 5.91 Å². The van der Waals surface area contributed by atoms with E-state index >= 15 is 0 Å². The highest BCUT2D eigenvalue weighted by molar-refractivity contribution is 7.91. The zero-order chi connectivity index (χ0) is 20.9. The van der Waals surface area contributed by atoms with Gasteiger partial charge in [-0.15, -0.1) is 0 Å². The van der Waals surface area contributed by atoms with E-state index in [1.807, 2.05) is 63.2 Å². The second-order valence-electron chi connectivity index (χ2n) is 7.94. The Hall–Kier alpha value is -2.14. The first-order valence-corrected chi connectivity index (χ1v) is 11.5. The smallest absolute Gasteiger partial charge is 0.251 e. The summed E-state index contributed by atoms with van der Waals surface area (Å²) in [5.74, 6) is 0.0424. The lowest BCUT2D eigenvalue weighted by atomic mass is 9.98. The molecule has 0 bridgehead atoms. The summed E-state index contributed by atoms with van der Waals surface area (Å²) in [6.45, 7) is 9.35. The van der Waals surface area contributed by atoms with Gasteiger partial charge in [-0.2, -0.15) is 0 Å². The average molecular weight is 402 g/mol. The highest BCUT2D eigenvalue weighted by atomic mass is 32.2. The van der Waals surface area contributed by atoms with E-state index in [1.54, 1.807) is 13.8 Å². The summed E-state index contributed by atoms with van der Waals surface area (Å²) in [6.07, 6.45) is 1.75. The molecule has 0 spiro atoms. The first-order chi connectivity index (χ1) is 13.1. The van der Waals surface area contributed by atoms with Gasteiger partial charge in [0.15, 0.2) is 9.84 Å². The quantitative estimate of drug-likeness (QED) is 0.719. The van der Waals surface area contributed by atoms with Gasteiger partial charge in [0.2, 0.25) is 0 Å². The van der Waals surface area contributed by atoms with E-state index in [0.29, 0.717) is 5.56 Å². The normalized spacial score (nSPS) is 11.8. The van der Waals surface area contributed by atoms with Crippen LogP contribution in [-0.2, 0) is 28.4 Å². The Morgan fingerprint density at radius 2 is 1.54 bits per heavy atom. The Balaban J connectivity index is 1.99. The van der Waals surface area contributed by atoms with Crippen molar-refractivity contribution in [2.24, 2.45) is 0 Å². The van der Waals surface area contributed by atoms with Gasteiger partial charge in [-0.05, 0) is 81.8 Å². The van der Waals surface area contributed by atoms with Gasteiger partial charge in [-0.3, -0.25) is 4.79 Å². The predicted octanol–water partition coefficient (Wildman–Crippen LogP) is 4.24. The molecule has 0 radical (unpaired) electrons. The number of benzene rings is 2. The molecule has 1 amide bonds. The van der Waals surface area contributed by atoms with Gasteiger partial charge in [-0.1, -0.05) is 30.3 Å². The number of rotatable bonds is 8. The molecule has 0 aliphatic rings. The van der Waals surface area contributed by atoms with Crippen LogP contribution in [0.3, 0.4) is 0 Å². The summed E-state index contributed by atoms with van der Waals surface area (Å²) in [5.41, 5.74) is 5.01. The van der Waals surface area contributed by atoms with Crippen LogP contribution < -0.4 is 5.32 Å². The standard InChI is InChI=1S/C23H31NO3S/c1-16(2)24-23(25)22-13-12-21(18(5)14-22)11-10-19-6-8-20(9-7-19)15-28(26,27)17(3)4/h6-9,12-14,16-17H,10-11,15H2,1-5H3,(H,24,25). The molecule has 0 aromatic heterocycles. The molecule has 4 nitrogen and oxygen atoms in total. The maximum Gasteiger partial charge on any atom is 0.251 e. The third-order valence-electron chi connectivity index (χ3n) is 4.82. The van der Waals surface area contributed by atoms with Crippen molar-refractivity contribution in [2.75, 3.05) is 0 Å². The molecule has 0 atom stereocenters. The number of amides is 1. The highest BCUT2D eigenvalue weighted by Gasteiger charge is 2.16. The van der Waals surface area contributed by atoms with E-state index in [0.717, 1.165) is 24.0 Å². The maximum absolute atomic E-state index is 12.1. The van der Waals surface area contributed by atoms with Gasteiger partial charge in [0.1, 0.15) is 0 Å². The van der Waals surface area contributed by atoms with Crippen LogP contribution in [0.5, 0.6) is 0 Å². The number of hydrogen-bond acceptors (Lipinski definition) is 3. The lowest BCUT2D eigenvalue weighted by Crippen LogP contribution is -2.30. The summed E-state index contributed by atoms with van der Waals surface area (Å²) in [4.78, 5) is 12.1. The van der Waals surface area contributed by atoms with Crippen molar-refractivity contribution in [1.82, 2.24) is 5.32 Å². The van der Waals surface area contributed by atoms with Crippen molar-refractivity contribution in [3.05, 3.63) is 70.3 Å². The van der Waals surface area contributed by atoms with Crippen LogP contribution in [0.4, 0.5) is 0 Å². The molecule has 0 aliphatic heterocycles. The number of hydrogen-bond donors (Lipinski definition) is 1. The molecule has 2 rings (SSSR count). The minimum atomic E-state index is -3.08. The van der Waals surface area contributed by atoms with Gasteiger partial charge >= 0.3 is 0 Å². The highest BCUT2D eigenvalue weighted by Crippen LogP contribution is 2.16. The second-order valence-corrected chi connectivity index (χ2v) is 10.5. The molecule has 28 heavy (non-hydrogen) atoms. The first kappa shape index (κ1) is 22.2. The summed E-state index contributed by atoms with van der Waals surface area (Å²) in [7, 11) is -3.08. The van der Waals surface area contributed by atoms with Crippen LogP contribution in [0.2, 0.25) is 0 Å². The van der Waals surface area contributed by atoms with E-state index in [-0.39, 0.29) is 23.0 Å². The van der Waals surface area contributed by atoms with Crippen molar-refractivity contribution in [3.63, 3.8) is 0 Å². The number of aryl methyl sites for hydroxylation is 3. The SMILES string of the molecule is Cc1cc(C(=O)NC(C)C)ccc1CCc1ccc(CS(=O)(=O)C(C)C)cc1. The van der Waals surface area contributed by atoms with Crippen molar-refractivity contribution in [1.29, 1.82) is 0 Å². The molecular formula is C23H31NO3S. The van der Waals surface area contributed by atoms with Crippen LogP contribution in [0.15, 0.2) is 42.5 Å². The van der Waals surface area contributed by atoms with Crippen molar-refractivity contribution >= 4 is 15.7 Å². The van der Waals surface area contributed by atoms with E-state index in [2.05, 4.69) is 5.32 Å². The third-order valence-corrected chi connectivity index (χ3v) is 6.99. The van der Waals surface area contributed by atoms with E-state index in [4.69, 9.17) is 0 Å².